The molecular weight excluding hydrogens is 382 g/mol. The predicted molar refractivity (Wildman–Crippen MR) is 104 cm³/mol. The Balaban J connectivity index is 2.13. The van der Waals surface area contributed by atoms with Gasteiger partial charge in [0.2, 0.25) is 5.91 Å². The molecule has 5 nitrogen and oxygen atoms in total. The second kappa shape index (κ2) is 6.99. The normalized spacial score (nSPS) is 22.7. The molecular formula is C20H20F2N4OS. The third kappa shape index (κ3) is 3.16. The molecule has 2 N–H and O–H groups in total. The van der Waals surface area contributed by atoms with Crippen LogP contribution in [0.1, 0.15) is 47.1 Å². The quantitative estimate of drug-likeness (QED) is 0.842. The van der Waals surface area contributed by atoms with Gasteiger partial charge in [0.25, 0.3) is 5.92 Å². The third-order valence-electron chi connectivity index (χ3n) is 5.16. The molecule has 0 radical (unpaired) electrons. The number of aliphatic imine (C=N–C) groups is 1. The molecule has 3 rings (SSSR count). The molecule has 8 heteroatoms. The van der Waals surface area contributed by atoms with E-state index < -0.39 is 17.4 Å². The van der Waals surface area contributed by atoms with E-state index in [-0.39, 0.29) is 23.9 Å². The lowest BCUT2D eigenvalue weighted by molar-refractivity contribution is -0.130. The van der Waals surface area contributed by atoms with Gasteiger partial charge in [-0.3, -0.25) is 9.69 Å². The zero-order valence-electron chi connectivity index (χ0n) is 15.7. The van der Waals surface area contributed by atoms with E-state index in [1.165, 1.54) is 42.3 Å². The third-order valence-corrected chi connectivity index (χ3v) is 6.37. The van der Waals surface area contributed by atoms with E-state index in [1.54, 1.807) is 31.2 Å². The highest BCUT2D eigenvalue weighted by Crippen LogP contribution is 2.46. The Morgan fingerprint density at radius 1 is 1.32 bits per heavy atom. The van der Waals surface area contributed by atoms with Gasteiger partial charge in [0.15, 0.2) is 5.96 Å². The van der Waals surface area contributed by atoms with Gasteiger partial charge >= 0.3 is 0 Å². The number of benzene rings is 1. The molecule has 1 aromatic heterocycles. The maximum absolute atomic E-state index is 14.0. The summed E-state index contributed by atoms with van der Waals surface area (Å²) in [5.41, 5.74) is 5.39. The molecule has 1 aromatic carbocycles. The van der Waals surface area contributed by atoms with Crippen LogP contribution in [0.2, 0.25) is 0 Å². The van der Waals surface area contributed by atoms with Crippen LogP contribution < -0.4 is 5.73 Å². The molecule has 0 spiro atoms. The van der Waals surface area contributed by atoms with E-state index >= 15 is 0 Å². The van der Waals surface area contributed by atoms with Gasteiger partial charge in [-0.2, -0.15) is 5.26 Å². The fourth-order valence-electron chi connectivity index (χ4n) is 3.38. The molecule has 0 fully saturated rings. The Hall–Kier alpha value is -2.79. The second-order valence-corrected chi connectivity index (χ2v) is 7.99. The molecule has 0 saturated heterocycles. The SMILES string of the molecule is CCC(F)(F)c1ccc([C@@H]2C(=O)N(C)C(N)=N[C@]2(C)c2ccc(C#N)s2)cc1. The minimum atomic E-state index is -2.92. The van der Waals surface area contributed by atoms with Gasteiger partial charge < -0.3 is 5.73 Å². The van der Waals surface area contributed by atoms with Gasteiger partial charge in [-0.15, -0.1) is 11.3 Å². The Morgan fingerprint density at radius 3 is 2.50 bits per heavy atom. The minimum absolute atomic E-state index is 0.0739. The van der Waals surface area contributed by atoms with Crippen LogP contribution in [0.25, 0.3) is 0 Å². The molecule has 28 heavy (non-hydrogen) atoms. The van der Waals surface area contributed by atoms with Gasteiger partial charge in [0, 0.05) is 23.9 Å². The maximum Gasteiger partial charge on any atom is 0.273 e. The number of likely N-dealkylation sites (N-methyl/N-ethyl adjacent to an activating group) is 1. The number of carbonyl (C=O) groups excluding carboxylic acids is 1. The number of guanidine groups is 1. The molecule has 1 aliphatic rings. The number of amides is 1. The summed E-state index contributed by atoms with van der Waals surface area (Å²) >= 11 is 1.24. The van der Waals surface area contributed by atoms with Gasteiger partial charge in [-0.1, -0.05) is 31.2 Å². The first kappa shape index (κ1) is 20.0. The number of carbonyl (C=O) groups is 1. The largest absolute Gasteiger partial charge is 0.369 e. The molecule has 2 aromatic rings. The second-order valence-electron chi connectivity index (χ2n) is 6.90. The first-order valence-corrected chi connectivity index (χ1v) is 9.57. The molecule has 2 atom stereocenters. The van der Waals surface area contributed by atoms with Crippen LogP contribution in [0.15, 0.2) is 41.4 Å². The zero-order valence-corrected chi connectivity index (χ0v) is 16.6. The monoisotopic (exact) mass is 402 g/mol. The number of thiophene rings is 1. The Labute approximate surface area is 166 Å². The molecule has 0 bridgehead atoms. The summed E-state index contributed by atoms with van der Waals surface area (Å²) in [6.45, 7) is 3.20. The smallest absolute Gasteiger partial charge is 0.273 e. The Bertz CT molecular complexity index is 977. The van der Waals surface area contributed by atoms with Crippen molar-refractivity contribution in [2.45, 2.75) is 37.6 Å². The van der Waals surface area contributed by atoms with Crippen molar-refractivity contribution in [3.63, 3.8) is 0 Å². The number of nitrogens with two attached hydrogens (primary N) is 1. The predicted octanol–water partition coefficient (Wildman–Crippen LogP) is 3.91. The highest BCUT2D eigenvalue weighted by molar-refractivity contribution is 7.12. The number of hydrogen-bond donors (Lipinski definition) is 1. The summed E-state index contributed by atoms with van der Waals surface area (Å²) in [5.74, 6) is -3.88. The molecule has 0 saturated carbocycles. The van der Waals surface area contributed by atoms with E-state index in [2.05, 4.69) is 11.1 Å². The van der Waals surface area contributed by atoms with E-state index in [0.717, 1.165) is 0 Å². The summed E-state index contributed by atoms with van der Waals surface area (Å²) in [7, 11) is 1.53. The van der Waals surface area contributed by atoms with Crippen LogP contribution in [0.5, 0.6) is 0 Å². The van der Waals surface area contributed by atoms with Crippen LogP contribution in [0.3, 0.4) is 0 Å². The molecule has 1 amide bonds. The molecule has 2 heterocycles. The zero-order chi connectivity index (χ0) is 20.7. The van der Waals surface area contributed by atoms with E-state index in [4.69, 9.17) is 11.0 Å². The number of halogens is 2. The van der Waals surface area contributed by atoms with Gasteiger partial charge in [0.05, 0.1) is 5.92 Å². The van der Waals surface area contributed by atoms with Crippen LogP contribution in [0.4, 0.5) is 8.78 Å². The molecule has 1 aliphatic heterocycles. The van der Waals surface area contributed by atoms with E-state index in [9.17, 15) is 13.6 Å². The van der Waals surface area contributed by atoms with Crippen molar-refractivity contribution >= 4 is 23.2 Å². The highest BCUT2D eigenvalue weighted by Gasteiger charge is 2.48. The first-order valence-electron chi connectivity index (χ1n) is 8.75. The number of alkyl halides is 2. The summed E-state index contributed by atoms with van der Waals surface area (Å²) in [6.07, 6.45) is -0.303. The number of rotatable bonds is 4. The van der Waals surface area contributed by atoms with Gasteiger partial charge in [0.1, 0.15) is 16.5 Å². The molecule has 146 valence electrons. The number of hydrogen-bond acceptors (Lipinski definition) is 5. The Kier molecular flexibility index (Phi) is 4.98. The minimum Gasteiger partial charge on any atom is -0.369 e. The number of nitrogens with zero attached hydrogens (tertiary/aromatic N) is 3. The molecule has 0 unspecified atom stereocenters. The maximum atomic E-state index is 14.0. The lowest BCUT2D eigenvalue weighted by atomic mass is 9.77. The van der Waals surface area contributed by atoms with Crippen molar-refractivity contribution in [2.24, 2.45) is 10.7 Å². The van der Waals surface area contributed by atoms with Crippen LogP contribution >= 0.6 is 11.3 Å². The average Bonchev–Trinajstić information content (AvgIpc) is 3.17. The van der Waals surface area contributed by atoms with Crippen molar-refractivity contribution in [3.8, 4) is 6.07 Å². The van der Waals surface area contributed by atoms with Crippen LogP contribution in [0, 0.1) is 11.3 Å². The standard InChI is InChI=1S/C20H20F2N4OS/c1-4-20(21,22)13-7-5-12(6-8-13)16-17(27)26(3)18(24)25-19(16,2)15-10-9-14(11-23)28-15/h5-10,16H,4H2,1-3H3,(H2,24,25)/t16-,19-/m1/s1. The lowest BCUT2D eigenvalue weighted by Gasteiger charge is -2.40. The number of nitriles is 1. The first-order chi connectivity index (χ1) is 13.1. The van der Waals surface area contributed by atoms with E-state index in [0.29, 0.717) is 15.3 Å². The summed E-state index contributed by atoms with van der Waals surface area (Å²) < 4.78 is 27.9. The van der Waals surface area contributed by atoms with Gasteiger partial charge in [-0.05, 0) is 24.6 Å². The topological polar surface area (TPSA) is 82.5 Å². The summed E-state index contributed by atoms with van der Waals surface area (Å²) in [6, 6.07) is 11.3. The highest BCUT2D eigenvalue weighted by atomic mass is 32.1. The molecule has 0 aliphatic carbocycles. The fourth-order valence-corrected chi connectivity index (χ4v) is 4.31. The van der Waals surface area contributed by atoms with Crippen molar-refractivity contribution in [1.82, 2.24) is 4.90 Å². The average molecular weight is 402 g/mol. The van der Waals surface area contributed by atoms with Crippen molar-refractivity contribution in [1.29, 1.82) is 5.26 Å². The Morgan fingerprint density at radius 2 is 1.96 bits per heavy atom. The van der Waals surface area contributed by atoms with Crippen molar-refractivity contribution in [3.05, 3.63) is 57.3 Å². The van der Waals surface area contributed by atoms with Crippen molar-refractivity contribution in [2.75, 3.05) is 7.05 Å². The summed E-state index contributed by atoms with van der Waals surface area (Å²) in [5, 5.41) is 9.15. The van der Waals surface area contributed by atoms with Crippen molar-refractivity contribution < 1.29 is 13.6 Å². The fraction of sp³-hybridized carbons (Fsp3) is 0.350. The van der Waals surface area contributed by atoms with Crippen LogP contribution in [-0.4, -0.2) is 23.8 Å². The lowest BCUT2D eigenvalue weighted by Crippen LogP contribution is -2.52. The van der Waals surface area contributed by atoms with Crippen LogP contribution in [-0.2, 0) is 16.3 Å². The van der Waals surface area contributed by atoms with E-state index in [1.807, 2.05) is 0 Å². The van der Waals surface area contributed by atoms with Gasteiger partial charge in [-0.25, -0.2) is 13.8 Å². The summed E-state index contributed by atoms with van der Waals surface area (Å²) in [4.78, 5) is 20.1.